The smallest absolute Gasteiger partial charge is 0.257 e. The molecule has 140 valence electrons. The molecule has 1 aromatic carbocycles. The number of piperidine rings is 1. The number of likely N-dealkylation sites (tertiary alicyclic amines) is 1. The normalized spacial score (nSPS) is 14.8. The summed E-state index contributed by atoms with van der Waals surface area (Å²) in [6, 6.07) is 5.16. The van der Waals surface area contributed by atoms with Crippen LogP contribution < -0.4 is 14.8 Å². The van der Waals surface area contributed by atoms with Gasteiger partial charge in [-0.1, -0.05) is 6.42 Å². The molecule has 0 spiro atoms. The highest BCUT2D eigenvalue weighted by atomic mass is 32.1. The van der Waals surface area contributed by atoms with Crippen molar-refractivity contribution in [1.29, 1.82) is 0 Å². The van der Waals surface area contributed by atoms with E-state index in [4.69, 9.17) is 9.47 Å². The van der Waals surface area contributed by atoms with Crippen molar-refractivity contribution in [3.05, 3.63) is 34.8 Å². The van der Waals surface area contributed by atoms with Crippen LogP contribution in [0.15, 0.2) is 23.6 Å². The SMILES string of the molecule is CCOc1ccc(C(=O)Nc2nc(CN3CCCCC3)cs2)cc1OC. The van der Waals surface area contributed by atoms with E-state index in [1.54, 1.807) is 25.3 Å². The summed E-state index contributed by atoms with van der Waals surface area (Å²) in [4.78, 5) is 19.5. The van der Waals surface area contributed by atoms with Gasteiger partial charge in [0.15, 0.2) is 16.6 Å². The van der Waals surface area contributed by atoms with Crippen LogP contribution in [0.4, 0.5) is 5.13 Å². The maximum atomic E-state index is 12.5. The van der Waals surface area contributed by atoms with E-state index in [0.717, 1.165) is 25.3 Å². The number of nitrogens with one attached hydrogen (secondary N) is 1. The molecule has 2 aromatic rings. The van der Waals surface area contributed by atoms with Crippen molar-refractivity contribution >= 4 is 22.4 Å². The monoisotopic (exact) mass is 375 g/mol. The summed E-state index contributed by atoms with van der Waals surface area (Å²) in [5.41, 5.74) is 1.52. The number of rotatable bonds is 7. The zero-order valence-corrected chi connectivity index (χ0v) is 16.1. The average Bonchev–Trinajstić information content (AvgIpc) is 3.09. The summed E-state index contributed by atoms with van der Waals surface area (Å²) in [5.74, 6) is 0.972. The third-order valence-corrected chi connectivity index (χ3v) is 5.14. The van der Waals surface area contributed by atoms with E-state index in [2.05, 4.69) is 15.2 Å². The van der Waals surface area contributed by atoms with Gasteiger partial charge in [0, 0.05) is 17.5 Å². The van der Waals surface area contributed by atoms with Crippen LogP contribution >= 0.6 is 11.3 Å². The van der Waals surface area contributed by atoms with E-state index < -0.39 is 0 Å². The molecule has 0 bridgehead atoms. The Bertz CT molecular complexity index is 741. The van der Waals surface area contributed by atoms with Crippen LogP contribution in [0, 0.1) is 0 Å². The molecule has 1 aliphatic rings. The Labute approximate surface area is 158 Å². The first-order valence-corrected chi connectivity index (χ1v) is 9.86. The fraction of sp³-hybridized carbons (Fsp3) is 0.474. The Morgan fingerprint density at radius 3 is 2.81 bits per heavy atom. The number of carbonyl (C=O) groups excluding carboxylic acids is 1. The van der Waals surface area contributed by atoms with Gasteiger partial charge >= 0.3 is 0 Å². The van der Waals surface area contributed by atoms with Crippen molar-refractivity contribution in [2.45, 2.75) is 32.7 Å². The van der Waals surface area contributed by atoms with Crippen LogP contribution in [0.3, 0.4) is 0 Å². The van der Waals surface area contributed by atoms with Crippen molar-refractivity contribution in [2.75, 3.05) is 32.1 Å². The van der Waals surface area contributed by atoms with Gasteiger partial charge < -0.3 is 9.47 Å². The average molecular weight is 375 g/mol. The summed E-state index contributed by atoms with van der Waals surface area (Å²) in [5, 5.41) is 5.51. The zero-order valence-electron chi connectivity index (χ0n) is 15.3. The number of anilines is 1. The number of carbonyl (C=O) groups is 1. The summed E-state index contributed by atoms with van der Waals surface area (Å²) >= 11 is 1.46. The second-order valence-electron chi connectivity index (χ2n) is 6.23. The van der Waals surface area contributed by atoms with Gasteiger partial charge in [-0.05, 0) is 51.1 Å². The number of hydrogen-bond acceptors (Lipinski definition) is 6. The Morgan fingerprint density at radius 2 is 2.08 bits per heavy atom. The molecule has 1 fully saturated rings. The standard InChI is InChI=1S/C19H25N3O3S/c1-3-25-16-8-7-14(11-17(16)24-2)18(23)21-19-20-15(13-26-19)12-22-9-5-4-6-10-22/h7-8,11,13H,3-6,9-10,12H2,1-2H3,(H,20,21,23). The fourth-order valence-corrected chi connectivity index (χ4v) is 3.73. The number of aromatic nitrogens is 1. The molecule has 1 saturated heterocycles. The first kappa shape index (κ1) is 18.7. The molecule has 0 aliphatic carbocycles. The lowest BCUT2D eigenvalue weighted by atomic mass is 10.1. The maximum absolute atomic E-state index is 12.5. The van der Waals surface area contributed by atoms with Crippen molar-refractivity contribution in [2.24, 2.45) is 0 Å². The molecular weight excluding hydrogens is 350 g/mol. The van der Waals surface area contributed by atoms with Crippen molar-refractivity contribution in [3.63, 3.8) is 0 Å². The number of hydrogen-bond donors (Lipinski definition) is 1. The molecule has 1 N–H and O–H groups in total. The van der Waals surface area contributed by atoms with Crippen LogP contribution in [0.2, 0.25) is 0 Å². The Hall–Kier alpha value is -2.12. The number of benzene rings is 1. The molecule has 6 nitrogen and oxygen atoms in total. The van der Waals surface area contributed by atoms with Gasteiger partial charge in [0.25, 0.3) is 5.91 Å². The zero-order chi connectivity index (χ0) is 18.4. The second-order valence-corrected chi connectivity index (χ2v) is 7.09. The molecule has 0 atom stereocenters. The molecule has 0 unspecified atom stereocenters. The highest BCUT2D eigenvalue weighted by Crippen LogP contribution is 2.28. The van der Waals surface area contributed by atoms with E-state index in [-0.39, 0.29) is 5.91 Å². The van der Waals surface area contributed by atoms with Crippen LogP contribution in [0.5, 0.6) is 11.5 Å². The first-order valence-electron chi connectivity index (χ1n) is 8.98. The van der Waals surface area contributed by atoms with Crippen LogP contribution in [0.1, 0.15) is 42.2 Å². The maximum Gasteiger partial charge on any atom is 0.257 e. The summed E-state index contributed by atoms with van der Waals surface area (Å²) in [6.45, 7) is 5.56. The quantitative estimate of drug-likeness (QED) is 0.798. The minimum atomic E-state index is -0.203. The second kappa shape index (κ2) is 9.00. The van der Waals surface area contributed by atoms with Gasteiger partial charge in [-0.25, -0.2) is 4.98 Å². The third-order valence-electron chi connectivity index (χ3n) is 4.33. The summed E-state index contributed by atoms with van der Waals surface area (Å²) in [6.07, 6.45) is 3.83. The molecule has 2 heterocycles. The molecule has 7 heteroatoms. The Morgan fingerprint density at radius 1 is 1.27 bits per heavy atom. The number of thiazole rings is 1. The molecule has 26 heavy (non-hydrogen) atoms. The van der Waals surface area contributed by atoms with Crippen molar-refractivity contribution in [3.8, 4) is 11.5 Å². The van der Waals surface area contributed by atoms with Gasteiger partial charge in [0.1, 0.15) is 0 Å². The molecule has 1 aliphatic heterocycles. The van der Waals surface area contributed by atoms with Gasteiger partial charge in [0.2, 0.25) is 0 Å². The summed E-state index contributed by atoms with van der Waals surface area (Å²) < 4.78 is 10.8. The topological polar surface area (TPSA) is 63.7 Å². The Kier molecular flexibility index (Phi) is 6.46. The minimum Gasteiger partial charge on any atom is -0.493 e. The highest BCUT2D eigenvalue weighted by Gasteiger charge is 2.15. The number of amides is 1. The van der Waals surface area contributed by atoms with E-state index >= 15 is 0 Å². The molecule has 3 rings (SSSR count). The number of ether oxygens (including phenoxy) is 2. The van der Waals surface area contributed by atoms with Crippen LogP contribution in [-0.2, 0) is 6.54 Å². The highest BCUT2D eigenvalue weighted by molar-refractivity contribution is 7.13. The van der Waals surface area contributed by atoms with Crippen LogP contribution in [-0.4, -0.2) is 42.6 Å². The van der Waals surface area contributed by atoms with Gasteiger partial charge in [0.05, 0.1) is 19.4 Å². The molecule has 1 aromatic heterocycles. The minimum absolute atomic E-state index is 0.203. The van der Waals surface area contributed by atoms with E-state index in [0.29, 0.717) is 28.8 Å². The van der Waals surface area contributed by atoms with E-state index in [9.17, 15) is 4.79 Å². The lowest BCUT2D eigenvalue weighted by molar-refractivity contribution is 0.102. The molecule has 0 saturated carbocycles. The number of methoxy groups -OCH3 is 1. The first-order chi connectivity index (χ1) is 12.7. The van der Waals surface area contributed by atoms with E-state index in [1.807, 2.05) is 12.3 Å². The van der Waals surface area contributed by atoms with Gasteiger partial charge in [-0.2, -0.15) is 0 Å². The lowest BCUT2D eigenvalue weighted by Gasteiger charge is -2.25. The third kappa shape index (κ3) is 4.74. The van der Waals surface area contributed by atoms with Gasteiger partial charge in [-0.15, -0.1) is 11.3 Å². The molecule has 0 radical (unpaired) electrons. The van der Waals surface area contributed by atoms with Crippen molar-refractivity contribution in [1.82, 2.24) is 9.88 Å². The van der Waals surface area contributed by atoms with E-state index in [1.165, 1.54) is 30.6 Å². The fourth-order valence-electron chi connectivity index (χ4n) is 3.04. The lowest BCUT2D eigenvalue weighted by Crippen LogP contribution is -2.29. The van der Waals surface area contributed by atoms with Crippen molar-refractivity contribution < 1.29 is 14.3 Å². The Balaban J connectivity index is 1.62. The predicted molar refractivity (Wildman–Crippen MR) is 103 cm³/mol. The summed E-state index contributed by atoms with van der Waals surface area (Å²) in [7, 11) is 1.56. The number of nitrogens with zero attached hydrogens (tertiary/aromatic N) is 2. The molecule has 1 amide bonds. The van der Waals surface area contributed by atoms with Gasteiger partial charge in [-0.3, -0.25) is 15.0 Å². The van der Waals surface area contributed by atoms with Crippen LogP contribution in [0.25, 0.3) is 0 Å². The largest absolute Gasteiger partial charge is 0.493 e. The predicted octanol–water partition coefficient (Wildman–Crippen LogP) is 3.79. The molecular formula is C19H25N3O3S.